The van der Waals surface area contributed by atoms with E-state index in [1.54, 1.807) is 4.90 Å². The molecule has 2 aliphatic heterocycles. The third-order valence-electron chi connectivity index (χ3n) is 5.45. The molecule has 0 aromatic carbocycles. The number of amides is 2. The molecule has 0 unspecified atom stereocenters. The summed E-state index contributed by atoms with van der Waals surface area (Å²) in [4.78, 5) is 39.0. The summed E-state index contributed by atoms with van der Waals surface area (Å²) in [5.41, 5.74) is 0. The third-order valence-corrected chi connectivity index (χ3v) is 8.11. The molecule has 0 atom stereocenters. The van der Waals surface area contributed by atoms with Gasteiger partial charge < -0.3 is 5.11 Å². The monoisotopic (exact) mass is 486 g/mol. The average Bonchev–Trinajstić information content (AvgIpc) is 3.21. The van der Waals surface area contributed by atoms with Crippen LogP contribution in [0.1, 0.15) is 84.0 Å². The zero-order valence-electron chi connectivity index (χ0n) is 18.4. The van der Waals surface area contributed by atoms with Crippen molar-refractivity contribution in [3.8, 4) is 0 Å². The number of hydrogen-bond acceptors (Lipinski definition) is 6. The first-order valence-electron chi connectivity index (χ1n) is 11.4. The van der Waals surface area contributed by atoms with Crippen LogP contribution >= 0.6 is 35.7 Å². The van der Waals surface area contributed by atoms with Crippen molar-refractivity contribution in [1.82, 2.24) is 9.80 Å². The van der Waals surface area contributed by atoms with Crippen LogP contribution in [0.2, 0.25) is 0 Å². The Hall–Kier alpha value is -1.06. The molecular weight excluding hydrogens is 452 g/mol. The number of nitrogens with zero attached hydrogens (tertiary/aromatic N) is 2. The average molecular weight is 487 g/mol. The minimum atomic E-state index is -1.10. The molecule has 2 aliphatic rings. The van der Waals surface area contributed by atoms with E-state index in [0.717, 1.165) is 12.8 Å². The normalized spacial score (nSPS) is 19.2. The lowest BCUT2D eigenvalue weighted by Crippen LogP contribution is -2.32. The first kappa shape index (κ1) is 26.2. The summed E-state index contributed by atoms with van der Waals surface area (Å²) in [6, 6.07) is 0. The summed E-state index contributed by atoms with van der Waals surface area (Å²) < 4.78 is 0.491. The Morgan fingerprint density at radius 2 is 1.48 bits per heavy atom. The first-order valence-corrected chi connectivity index (χ1v) is 13.6. The summed E-state index contributed by atoms with van der Waals surface area (Å²) in [5.74, 6) is -1.43. The molecule has 0 bridgehead atoms. The molecular formula is C22H34N2O4S3. The van der Waals surface area contributed by atoms with Crippen LogP contribution in [0.4, 0.5) is 0 Å². The van der Waals surface area contributed by atoms with Gasteiger partial charge in [0, 0.05) is 6.54 Å². The van der Waals surface area contributed by atoms with Crippen molar-refractivity contribution < 1.29 is 19.5 Å². The third kappa shape index (κ3) is 8.42. The summed E-state index contributed by atoms with van der Waals surface area (Å²) in [6.07, 6.45) is 15.1. The molecule has 0 spiro atoms. The first-order chi connectivity index (χ1) is 15.0. The molecule has 2 amide bonds. The van der Waals surface area contributed by atoms with E-state index in [2.05, 4.69) is 6.92 Å². The number of thiocarbonyl (C=S) groups is 1. The minimum Gasteiger partial charge on any atom is -0.480 e. The molecule has 2 fully saturated rings. The van der Waals surface area contributed by atoms with Crippen molar-refractivity contribution in [2.75, 3.05) is 18.8 Å². The topological polar surface area (TPSA) is 77.9 Å². The van der Waals surface area contributed by atoms with Gasteiger partial charge in [-0.25, -0.2) is 0 Å². The van der Waals surface area contributed by atoms with E-state index in [4.69, 9.17) is 17.3 Å². The highest BCUT2D eigenvalue weighted by Gasteiger charge is 2.39. The SMILES string of the molecule is CCCCCCCCCCCCCCN1C(=O)/C(=C2\SCC(=O)N2CC(=O)O)SC1=S. The summed E-state index contributed by atoms with van der Waals surface area (Å²) >= 11 is 7.77. The quantitative estimate of drug-likeness (QED) is 0.189. The van der Waals surface area contributed by atoms with Gasteiger partial charge in [0.15, 0.2) is 0 Å². The second-order valence-corrected chi connectivity index (χ2v) is 10.6. The number of carboxylic acids is 1. The van der Waals surface area contributed by atoms with Gasteiger partial charge in [0.1, 0.15) is 15.8 Å². The molecule has 0 aromatic heterocycles. The van der Waals surface area contributed by atoms with Crippen molar-refractivity contribution in [3.63, 3.8) is 0 Å². The number of thioether (sulfide) groups is 2. The van der Waals surface area contributed by atoms with Gasteiger partial charge in [-0.3, -0.25) is 24.2 Å². The molecule has 31 heavy (non-hydrogen) atoms. The highest BCUT2D eigenvalue weighted by atomic mass is 32.2. The predicted octanol–water partition coefficient (Wildman–Crippen LogP) is 5.38. The van der Waals surface area contributed by atoms with Gasteiger partial charge in [-0.1, -0.05) is 113 Å². The van der Waals surface area contributed by atoms with Gasteiger partial charge in [-0.15, -0.1) is 0 Å². The Labute approximate surface area is 199 Å². The van der Waals surface area contributed by atoms with Gasteiger partial charge in [-0.05, 0) is 6.42 Å². The maximum atomic E-state index is 12.8. The van der Waals surface area contributed by atoms with Crippen LogP contribution < -0.4 is 0 Å². The van der Waals surface area contributed by atoms with Crippen LogP contribution in [-0.2, 0) is 14.4 Å². The molecule has 2 rings (SSSR count). The lowest BCUT2D eigenvalue weighted by molar-refractivity contribution is -0.141. The maximum Gasteiger partial charge on any atom is 0.323 e. The van der Waals surface area contributed by atoms with Crippen LogP contribution in [0.15, 0.2) is 9.93 Å². The zero-order chi connectivity index (χ0) is 22.6. The number of carboxylic acid groups (broad SMARTS) is 1. The van der Waals surface area contributed by atoms with Crippen molar-refractivity contribution >= 4 is 57.8 Å². The second kappa shape index (κ2) is 14.2. The van der Waals surface area contributed by atoms with E-state index in [9.17, 15) is 14.4 Å². The molecule has 6 nitrogen and oxygen atoms in total. The fourth-order valence-corrected chi connectivity index (χ4v) is 6.25. The molecule has 0 saturated carbocycles. The Balaban J connectivity index is 1.67. The van der Waals surface area contributed by atoms with E-state index < -0.39 is 12.5 Å². The Kier molecular flexibility index (Phi) is 12.0. The zero-order valence-corrected chi connectivity index (χ0v) is 20.8. The summed E-state index contributed by atoms with van der Waals surface area (Å²) in [5, 5.41) is 9.48. The van der Waals surface area contributed by atoms with Crippen molar-refractivity contribution in [2.24, 2.45) is 0 Å². The lowest BCUT2D eigenvalue weighted by Gasteiger charge is -2.16. The van der Waals surface area contributed by atoms with Crippen molar-refractivity contribution in [1.29, 1.82) is 0 Å². The lowest BCUT2D eigenvalue weighted by atomic mass is 10.1. The molecule has 0 aliphatic carbocycles. The van der Waals surface area contributed by atoms with Crippen molar-refractivity contribution in [3.05, 3.63) is 9.93 Å². The van der Waals surface area contributed by atoms with Crippen LogP contribution in [0, 0.1) is 0 Å². The van der Waals surface area contributed by atoms with Gasteiger partial charge >= 0.3 is 5.97 Å². The number of hydrogen-bond donors (Lipinski definition) is 1. The molecule has 9 heteroatoms. The largest absolute Gasteiger partial charge is 0.480 e. The number of carbonyl (C=O) groups excluding carboxylic acids is 2. The molecule has 0 aromatic rings. The molecule has 1 N–H and O–H groups in total. The van der Waals surface area contributed by atoms with Crippen LogP contribution in [0.25, 0.3) is 0 Å². The summed E-state index contributed by atoms with van der Waals surface area (Å²) in [6.45, 7) is 2.40. The smallest absolute Gasteiger partial charge is 0.323 e. The van der Waals surface area contributed by atoms with Gasteiger partial charge in [0.25, 0.3) is 5.91 Å². The number of aliphatic carboxylic acids is 1. The van der Waals surface area contributed by atoms with E-state index in [0.29, 0.717) is 20.8 Å². The second-order valence-electron chi connectivity index (χ2n) is 8.01. The number of rotatable bonds is 15. The Morgan fingerprint density at radius 3 is 2.03 bits per heavy atom. The number of carbonyl (C=O) groups is 3. The Morgan fingerprint density at radius 1 is 0.935 bits per heavy atom. The predicted molar refractivity (Wildman–Crippen MR) is 132 cm³/mol. The van der Waals surface area contributed by atoms with Gasteiger partial charge in [-0.2, -0.15) is 0 Å². The van der Waals surface area contributed by atoms with E-state index >= 15 is 0 Å². The minimum absolute atomic E-state index is 0.158. The van der Waals surface area contributed by atoms with Crippen molar-refractivity contribution in [2.45, 2.75) is 84.0 Å². The van der Waals surface area contributed by atoms with E-state index in [1.807, 2.05) is 0 Å². The fourth-order valence-electron chi connectivity index (χ4n) is 3.71. The Bertz CT molecular complexity index is 696. The van der Waals surface area contributed by atoms with Gasteiger partial charge in [0.05, 0.1) is 10.8 Å². The van der Waals surface area contributed by atoms with E-state index in [-0.39, 0.29) is 17.6 Å². The molecule has 0 radical (unpaired) electrons. The van der Waals surface area contributed by atoms with Gasteiger partial charge in [0.2, 0.25) is 5.91 Å². The molecule has 174 valence electrons. The molecule has 2 heterocycles. The number of unbranched alkanes of at least 4 members (excludes halogenated alkanes) is 11. The fraction of sp³-hybridized carbons (Fsp3) is 0.727. The summed E-state index contributed by atoms with van der Waals surface area (Å²) in [7, 11) is 0. The standard InChI is InChI=1S/C22H34N2O4S3/c1-2-3-4-5-6-7-8-9-10-11-12-13-14-23-20(28)19(31-22(23)29)21-24(15-18(26)27)17(25)16-30-21/h2-16H2,1H3,(H,26,27)/b21-19+. The van der Waals surface area contributed by atoms with Crippen LogP contribution in [0.5, 0.6) is 0 Å². The maximum absolute atomic E-state index is 12.8. The highest BCUT2D eigenvalue weighted by molar-refractivity contribution is 8.27. The highest BCUT2D eigenvalue weighted by Crippen LogP contribution is 2.41. The van der Waals surface area contributed by atoms with Crippen LogP contribution in [0.3, 0.4) is 0 Å². The molecule has 2 saturated heterocycles. The van der Waals surface area contributed by atoms with E-state index in [1.165, 1.54) is 92.6 Å². The van der Waals surface area contributed by atoms with Crippen LogP contribution in [-0.4, -0.2) is 55.9 Å².